The monoisotopic (exact) mass is 451 g/mol. The highest BCUT2D eigenvalue weighted by Gasteiger charge is 2.14. The number of ether oxygens (including phenoxy) is 1. The smallest absolute Gasteiger partial charge is 0.229 e. The Labute approximate surface area is 177 Å². The van der Waals surface area contributed by atoms with Crippen LogP contribution in [0.15, 0.2) is 47.0 Å². The van der Waals surface area contributed by atoms with Gasteiger partial charge in [-0.2, -0.15) is 0 Å². The number of sulfonamides is 1. The van der Waals surface area contributed by atoms with Crippen molar-refractivity contribution in [2.24, 2.45) is 0 Å². The van der Waals surface area contributed by atoms with E-state index in [-0.39, 0.29) is 47.4 Å². The number of aromatic nitrogens is 1. The molecule has 3 rings (SSSR count). The maximum atomic E-state index is 13.8. The predicted octanol–water partition coefficient (Wildman–Crippen LogP) is 3.57. The van der Waals surface area contributed by atoms with Gasteiger partial charge in [0, 0.05) is 30.7 Å². The molecule has 2 aromatic carbocycles. The van der Waals surface area contributed by atoms with Gasteiger partial charge in [-0.05, 0) is 24.3 Å². The number of rotatable bonds is 8. The number of oxazole rings is 1. The number of aryl methyl sites for hydroxylation is 1. The molecule has 1 amide bonds. The van der Waals surface area contributed by atoms with Gasteiger partial charge in [0.1, 0.15) is 17.4 Å². The molecular formula is C20H19F2N3O5S. The van der Waals surface area contributed by atoms with Crippen LogP contribution in [0.2, 0.25) is 0 Å². The summed E-state index contributed by atoms with van der Waals surface area (Å²) in [5.41, 5.74) is 0.713. The molecule has 1 heterocycles. The number of nitrogens with one attached hydrogen (secondary N) is 2. The maximum absolute atomic E-state index is 13.8. The number of carbonyl (C=O) groups excluding carboxylic acids is 1. The molecule has 0 aliphatic carbocycles. The summed E-state index contributed by atoms with van der Waals surface area (Å²) < 4.78 is 62.6. The summed E-state index contributed by atoms with van der Waals surface area (Å²) in [5.74, 6) is -1.23. The van der Waals surface area contributed by atoms with Crippen LogP contribution in [0.5, 0.6) is 5.75 Å². The molecule has 0 aliphatic heterocycles. The van der Waals surface area contributed by atoms with Crippen LogP contribution in [-0.2, 0) is 21.2 Å². The molecule has 0 atom stereocenters. The summed E-state index contributed by atoms with van der Waals surface area (Å²) in [6.45, 7) is 0. The first-order valence-electron chi connectivity index (χ1n) is 9.00. The summed E-state index contributed by atoms with van der Waals surface area (Å²) in [7, 11) is -2.11. The van der Waals surface area contributed by atoms with Gasteiger partial charge in [0.2, 0.25) is 15.9 Å². The Morgan fingerprint density at radius 3 is 2.65 bits per heavy atom. The fourth-order valence-electron chi connectivity index (χ4n) is 2.74. The van der Waals surface area contributed by atoms with Gasteiger partial charge >= 0.3 is 0 Å². The number of halogens is 2. The van der Waals surface area contributed by atoms with Crippen LogP contribution in [0.3, 0.4) is 0 Å². The normalized spacial score (nSPS) is 11.2. The van der Waals surface area contributed by atoms with E-state index in [1.807, 2.05) is 0 Å². The number of benzene rings is 2. The molecule has 0 saturated carbocycles. The molecule has 11 heteroatoms. The van der Waals surface area contributed by atoms with Gasteiger partial charge in [-0.15, -0.1) is 0 Å². The lowest BCUT2D eigenvalue weighted by molar-refractivity contribution is -0.116. The van der Waals surface area contributed by atoms with Crippen molar-refractivity contribution in [2.75, 3.05) is 23.4 Å². The van der Waals surface area contributed by atoms with Gasteiger partial charge in [0.15, 0.2) is 11.7 Å². The Balaban J connectivity index is 1.61. The summed E-state index contributed by atoms with van der Waals surface area (Å²) in [4.78, 5) is 16.2. The van der Waals surface area contributed by atoms with Crippen LogP contribution in [-0.4, -0.2) is 32.7 Å². The highest BCUT2D eigenvalue weighted by atomic mass is 32.2. The van der Waals surface area contributed by atoms with E-state index >= 15 is 0 Å². The van der Waals surface area contributed by atoms with Crippen LogP contribution < -0.4 is 14.8 Å². The van der Waals surface area contributed by atoms with E-state index < -0.39 is 21.7 Å². The predicted molar refractivity (Wildman–Crippen MR) is 110 cm³/mol. The zero-order valence-corrected chi connectivity index (χ0v) is 17.4. The Bertz CT molecular complexity index is 1210. The molecule has 0 unspecified atom stereocenters. The third-order valence-corrected chi connectivity index (χ3v) is 4.69. The van der Waals surface area contributed by atoms with Crippen molar-refractivity contribution < 1.29 is 31.1 Å². The standard InChI is InChI=1S/C20H19F2N3O5S/c1-29-17-10-13(4-6-16(17)25-31(2,27)28)24-19(26)7-8-20-23-11-18(30-20)14-5-3-12(21)9-15(14)22/h3-6,9-11,25H,7-8H2,1-2H3,(H,24,26). The quantitative estimate of drug-likeness (QED) is 0.542. The third kappa shape index (κ3) is 6.01. The minimum atomic E-state index is -3.48. The van der Waals surface area contributed by atoms with Crippen molar-refractivity contribution in [3.8, 4) is 17.1 Å². The number of hydrogen-bond acceptors (Lipinski definition) is 6. The minimum absolute atomic E-state index is 0.0253. The average Bonchev–Trinajstić information content (AvgIpc) is 3.15. The Morgan fingerprint density at radius 2 is 1.97 bits per heavy atom. The van der Waals surface area contributed by atoms with Crippen molar-refractivity contribution in [2.45, 2.75) is 12.8 Å². The molecule has 31 heavy (non-hydrogen) atoms. The van der Waals surface area contributed by atoms with Crippen LogP contribution >= 0.6 is 0 Å². The minimum Gasteiger partial charge on any atom is -0.494 e. The summed E-state index contributed by atoms with van der Waals surface area (Å²) in [6, 6.07) is 7.57. The molecule has 0 aliphatic rings. The zero-order valence-electron chi connectivity index (χ0n) is 16.6. The Kier molecular flexibility index (Phi) is 6.54. The van der Waals surface area contributed by atoms with Crippen molar-refractivity contribution in [1.29, 1.82) is 0 Å². The van der Waals surface area contributed by atoms with Gasteiger partial charge in [-0.1, -0.05) is 0 Å². The number of methoxy groups -OCH3 is 1. The largest absolute Gasteiger partial charge is 0.494 e. The molecule has 164 valence electrons. The topological polar surface area (TPSA) is 111 Å². The molecule has 3 aromatic rings. The fraction of sp³-hybridized carbons (Fsp3) is 0.200. The van der Waals surface area contributed by atoms with Gasteiger partial charge in [-0.3, -0.25) is 9.52 Å². The lowest BCUT2D eigenvalue weighted by atomic mass is 10.2. The number of carbonyl (C=O) groups is 1. The van der Waals surface area contributed by atoms with Crippen LogP contribution in [0, 0.1) is 11.6 Å². The number of anilines is 2. The second-order valence-corrected chi connectivity index (χ2v) is 8.33. The molecule has 2 N–H and O–H groups in total. The van der Waals surface area contributed by atoms with Gasteiger partial charge in [-0.25, -0.2) is 22.2 Å². The lowest BCUT2D eigenvalue weighted by Crippen LogP contribution is -2.13. The zero-order chi connectivity index (χ0) is 22.6. The van der Waals surface area contributed by atoms with Crippen LogP contribution in [0.4, 0.5) is 20.2 Å². The first-order valence-corrected chi connectivity index (χ1v) is 10.9. The molecule has 0 bridgehead atoms. The average molecular weight is 451 g/mol. The number of hydrogen-bond donors (Lipinski definition) is 2. The van der Waals surface area contributed by atoms with Crippen molar-refractivity contribution in [1.82, 2.24) is 4.98 Å². The third-order valence-electron chi connectivity index (χ3n) is 4.10. The van der Waals surface area contributed by atoms with E-state index in [4.69, 9.17) is 9.15 Å². The maximum Gasteiger partial charge on any atom is 0.229 e. The van der Waals surface area contributed by atoms with E-state index in [2.05, 4.69) is 15.0 Å². The number of nitrogens with zero attached hydrogens (tertiary/aromatic N) is 1. The summed E-state index contributed by atoms with van der Waals surface area (Å²) in [5, 5.41) is 2.66. The van der Waals surface area contributed by atoms with Crippen molar-refractivity contribution in [3.05, 3.63) is 60.1 Å². The van der Waals surface area contributed by atoms with Gasteiger partial charge < -0.3 is 14.5 Å². The molecule has 0 fully saturated rings. The summed E-state index contributed by atoms with van der Waals surface area (Å²) >= 11 is 0. The van der Waals surface area contributed by atoms with E-state index in [0.717, 1.165) is 18.4 Å². The highest BCUT2D eigenvalue weighted by Crippen LogP contribution is 2.29. The van der Waals surface area contributed by atoms with Crippen LogP contribution in [0.25, 0.3) is 11.3 Å². The van der Waals surface area contributed by atoms with Gasteiger partial charge in [0.05, 0.1) is 30.8 Å². The van der Waals surface area contributed by atoms with E-state index in [1.165, 1.54) is 37.6 Å². The van der Waals surface area contributed by atoms with Gasteiger partial charge in [0.25, 0.3) is 0 Å². The van der Waals surface area contributed by atoms with Crippen LogP contribution in [0.1, 0.15) is 12.3 Å². The Hall–Kier alpha value is -3.47. The highest BCUT2D eigenvalue weighted by molar-refractivity contribution is 7.92. The second kappa shape index (κ2) is 9.13. The molecule has 0 saturated heterocycles. The van der Waals surface area contributed by atoms with E-state index in [0.29, 0.717) is 5.69 Å². The number of amides is 1. The molecule has 0 spiro atoms. The molecular weight excluding hydrogens is 432 g/mol. The Morgan fingerprint density at radius 1 is 1.19 bits per heavy atom. The first kappa shape index (κ1) is 22.2. The fourth-order valence-corrected chi connectivity index (χ4v) is 3.30. The molecule has 1 aromatic heterocycles. The van der Waals surface area contributed by atoms with Crippen molar-refractivity contribution >= 4 is 27.3 Å². The second-order valence-electron chi connectivity index (χ2n) is 6.58. The molecule has 0 radical (unpaired) electrons. The van der Waals surface area contributed by atoms with Crippen molar-refractivity contribution in [3.63, 3.8) is 0 Å². The SMILES string of the molecule is COc1cc(NC(=O)CCc2ncc(-c3ccc(F)cc3F)o2)ccc1NS(C)(=O)=O. The summed E-state index contributed by atoms with van der Waals surface area (Å²) in [6.07, 6.45) is 2.50. The molecule has 8 nitrogen and oxygen atoms in total. The van der Waals surface area contributed by atoms with E-state index in [9.17, 15) is 22.0 Å². The lowest BCUT2D eigenvalue weighted by Gasteiger charge is -2.12. The first-order chi connectivity index (χ1) is 14.6. The van der Waals surface area contributed by atoms with E-state index in [1.54, 1.807) is 0 Å².